The van der Waals surface area contributed by atoms with E-state index >= 15 is 0 Å². The number of benzene rings is 1. The van der Waals surface area contributed by atoms with Crippen LogP contribution in [0.2, 0.25) is 10.0 Å². The van der Waals surface area contributed by atoms with Crippen molar-refractivity contribution in [1.82, 2.24) is 24.4 Å². The average Bonchev–Trinajstić information content (AvgIpc) is 3.20. The van der Waals surface area contributed by atoms with E-state index in [9.17, 15) is 5.11 Å². The van der Waals surface area contributed by atoms with E-state index in [2.05, 4.69) is 20.5 Å². The molecule has 0 saturated heterocycles. The van der Waals surface area contributed by atoms with Crippen LogP contribution in [0.15, 0.2) is 48.9 Å². The number of aliphatic hydroxyl groups excluding tert-OH is 1. The van der Waals surface area contributed by atoms with Gasteiger partial charge < -0.3 is 10.4 Å². The molecule has 9 heteroatoms. The van der Waals surface area contributed by atoms with Gasteiger partial charge in [-0.05, 0) is 31.2 Å². The number of aliphatic hydroxyl groups is 1. The van der Waals surface area contributed by atoms with Crippen LogP contribution in [0.25, 0.3) is 11.3 Å². The molecule has 3 heterocycles. The molecule has 0 aliphatic rings. The molecular formula is C17H14Cl2N6O. The van der Waals surface area contributed by atoms with Crippen LogP contribution in [0.1, 0.15) is 17.5 Å². The molecule has 7 nitrogen and oxygen atoms in total. The quantitative estimate of drug-likeness (QED) is 0.521. The molecular weight excluding hydrogens is 375 g/mol. The fourth-order valence-electron chi connectivity index (χ4n) is 2.69. The summed E-state index contributed by atoms with van der Waals surface area (Å²) in [5.41, 5.74) is 2.48. The van der Waals surface area contributed by atoms with Crippen molar-refractivity contribution in [2.45, 2.75) is 13.2 Å². The van der Waals surface area contributed by atoms with Gasteiger partial charge in [0.25, 0.3) is 0 Å². The summed E-state index contributed by atoms with van der Waals surface area (Å²) in [6, 6.07) is 8.69. The fraction of sp³-hybridized carbons (Fsp3) is 0.118. The lowest BCUT2D eigenvalue weighted by atomic mass is 10.3. The molecule has 132 valence electrons. The molecule has 0 spiro atoms. The Morgan fingerprint density at radius 3 is 2.92 bits per heavy atom. The topological polar surface area (TPSA) is 80.3 Å². The zero-order valence-electron chi connectivity index (χ0n) is 13.6. The van der Waals surface area contributed by atoms with E-state index in [4.69, 9.17) is 23.2 Å². The van der Waals surface area contributed by atoms with Gasteiger partial charge in [0.2, 0.25) is 0 Å². The van der Waals surface area contributed by atoms with Crippen molar-refractivity contribution >= 4 is 34.7 Å². The Labute approximate surface area is 158 Å². The minimum absolute atomic E-state index is 0.493. The van der Waals surface area contributed by atoms with E-state index in [-0.39, 0.29) is 0 Å². The van der Waals surface area contributed by atoms with Gasteiger partial charge in [-0.1, -0.05) is 23.2 Å². The summed E-state index contributed by atoms with van der Waals surface area (Å²) in [6.07, 6.45) is 3.95. The number of anilines is 1. The monoisotopic (exact) mass is 388 g/mol. The van der Waals surface area contributed by atoms with Gasteiger partial charge in [0.15, 0.2) is 11.9 Å². The first-order valence-electron chi connectivity index (χ1n) is 7.78. The van der Waals surface area contributed by atoms with Gasteiger partial charge in [0.1, 0.15) is 5.82 Å². The molecule has 2 N–H and O–H groups in total. The fourth-order valence-corrected chi connectivity index (χ4v) is 3.05. The second-order valence-corrected chi connectivity index (χ2v) is 6.56. The van der Waals surface area contributed by atoms with Gasteiger partial charge in [-0.2, -0.15) is 10.2 Å². The van der Waals surface area contributed by atoms with E-state index in [1.165, 1.54) is 0 Å². The summed E-state index contributed by atoms with van der Waals surface area (Å²) in [5, 5.41) is 23.4. The van der Waals surface area contributed by atoms with Crippen LogP contribution in [-0.2, 0) is 0 Å². The SMILES string of the molecule is Cc1cc(NC(O)c2cnn3cccnc23)n(-c2cc(Cl)ccc2Cl)n1. The van der Waals surface area contributed by atoms with Gasteiger partial charge in [-0.3, -0.25) is 0 Å². The number of nitrogens with zero attached hydrogens (tertiary/aromatic N) is 5. The number of fused-ring (bicyclic) bond motifs is 1. The highest BCUT2D eigenvalue weighted by atomic mass is 35.5. The second kappa shape index (κ2) is 6.60. The number of aromatic nitrogens is 5. The molecule has 26 heavy (non-hydrogen) atoms. The van der Waals surface area contributed by atoms with Gasteiger partial charge in [0, 0.05) is 23.5 Å². The standard InChI is InChI=1S/C17H14Cl2N6O/c1-10-7-15(25(23-10)14-8-11(18)3-4-13(14)19)22-17(26)12-9-21-24-6-2-5-20-16(12)24/h2-9,17,22,26H,1H3. The highest BCUT2D eigenvalue weighted by Crippen LogP contribution is 2.29. The molecule has 0 radical (unpaired) electrons. The van der Waals surface area contributed by atoms with Crippen molar-refractivity contribution in [2.75, 3.05) is 5.32 Å². The second-order valence-electron chi connectivity index (χ2n) is 5.71. The summed E-state index contributed by atoms with van der Waals surface area (Å²) in [6.45, 7) is 1.85. The summed E-state index contributed by atoms with van der Waals surface area (Å²) in [5.74, 6) is 0.564. The summed E-state index contributed by atoms with van der Waals surface area (Å²) < 4.78 is 3.20. The summed E-state index contributed by atoms with van der Waals surface area (Å²) in [7, 11) is 0. The number of nitrogens with one attached hydrogen (secondary N) is 1. The number of hydrogen-bond acceptors (Lipinski definition) is 5. The lowest BCUT2D eigenvalue weighted by molar-refractivity contribution is 0.208. The zero-order valence-corrected chi connectivity index (χ0v) is 15.1. The Balaban J connectivity index is 1.72. The first kappa shape index (κ1) is 16.8. The van der Waals surface area contributed by atoms with E-state index in [0.29, 0.717) is 32.8 Å². The molecule has 0 fully saturated rings. The number of aryl methyl sites for hydroxylation is 1. The van der Waals surface area contributed by atoms with Crippen molar-refractivity contribution < 1.29 is 5.11 Å². The van der Waals surface area contributed by atoms with E-state index in [0.717, 1.165) is 5.69 Å². The van der Waals surface area contributed by atoms with Crippen molar-refractivity contribution in [2.24, 2.45) is 0 Å². The molecule has 1 unspecified atom stereocenters. The molecule has 0 bridgehead atoms. The molecule has 0 amide bonds. The van der Waals surface area contributed by atoms with Gasteiger partial charge in [0.05, 0.1) is 28.2 Å². The van der Waals surface area contributed by atoms with Gasteiger partial charge in [-0.25, -0.2) is 14.2 Å². The van der Waals surface area contributed by atoms with E-state index in [1.54, 1.807) is 58.1 Å². The number of halogens is 2. The summed E-state index contributed by atoms with van der Waals surface area (Å²) in [4.78, 5) is 4.25. The molecule has 0 aliphatic heterocycles. The first-order valence-corrected chi connectivity index (χ1v) is 8.53. The van der Waals surface area contributed by atoms with E-state index < -0.39 is 6.23 Å². The smallest absolute Gasteiger partial charge is 0.162 e. The zero-order chi connectivity index (χ0) is 18.3. The molecule has 4 rings (SSSR count). The van der Waals surface area contributed by atoms with Crippen molar-refractivity contribution in [3.63, 3.8) is 0 Å². The first-order chi connectivity index (χ1) is 12.5. The normalized spacial score (nSPS) is 12.5. The Hall–Kier alpha value is -2.61. The number of hydrogen-bond donors (Lipinski definition) is 2. The maximum absolute atomic E-state index is 10.7. The van der Waals surface area contributed by atoms with Gasteiger partial charge >= 0.3 is 0 Å². The third-order valence-electron chi connectivity index (χ3n) is 3.85. The summed E-state index contributed by atoms with van der Waals surface area (Å²) >= 11 is 12.4. The van der Waals surface area contributed by atoms with Crippen LogP contribution < -0.4 is 5.32 Å². The minimum atomic E-state index is -1.03. The average molecular weight is 389 g/mol. The molecule has 1 atom stereocenters. The van der Waals surface area contributed by atoms with E-state index in [1.807, 2.05) is 6.92 Å². The Kier molecular flexibility index (Phi) is 4.28. The maximum Gasteiger partial charge on any atom is 0.162 e. The molecule has 1 aromatic carbocycles. The van der Waals surface area contributed by atoms with Gasteiger partial charge in [-0.15, -0.1) is 0 Å². The van der Waals surface area contributed by atoms with Crippen molar-refractivity contribution in [3.05, 3.63) is 70.2 Å². The number of rotatable bonds is 4. The van der Waals surface area contributed by atoms with Crippen molar-refractivity contribution in [1.29, 1.82) is 0 Å². The molecule has 4 aromatic rings. The van der Waals surface area contributed by atoms with Crippen LogP contribution in [0.3, 0.4) is 0 Å². The predicted molar refractivity (Wildman–Crippen MR) is 99.9 cm³/mol. The Morgan fingerprint density at radius 2 is 2.08 bits per heavy atom. The largest absolute Gasteiger partial charge is 0.369 e. The lowest BCUT2D eigenvalue weighted by Crippen LogP contribution is -2.13. The molecule has 0 saturated carbocycles. The highest BCUT2D eigenvalue weighted by Gasteiger charge is 2.18. The lowest BCUT2D eigenvalue weighted by Gasteiger charge is -2.15. The van der Waals surface area contributed by atoms with Crippen LogP contribution in [-0.4, -0.2) is 29.5 Å². The Morgan fingerprint density at radius 1 is 1.23 bits per heavy atom. The van der Waals surface area contributed by atoms with Crippen LogP contribution in [0.4, 0.5) is 5.82 Å². The molecule has 0 aliphatic carbocycles. The van der Waals surface area contributed by atoms with Crippen LogP contribution in [0.5, 0.6) is 0 Å². The Bertz CT molecular complexity index is 1090. The van der Waals surface area contributed by atoms with Crippen molar-refractivity contribution in [3.8, 4) is 5.69 Å². The highest BCUT2D eigenvalue weighted by molar-refractivity contribution is 6.34. The third kappa shape index (κ3) is 3.01. The van der Waals surface area contributed by atoms with Crippen LogP contribution >= 0.6 is 23.2 Å². The minimum Gasteiger partial charge on any atom is -0.369 e. The maximum atomic E-state index is 10.7. The third-order valence-corrected chi connectivity index (χ3v) is 4.41. The predicted octanol–water partition coefficient (Wildman–Crippen LogP) is 3.63. The van der Waals surface area contributed by atoms with Crippen LogP contribution in [0, 0.1) is 6.92 Å². The molecule has 3 aromatic heterocycles.